The third-order valence-corrected chi connectivity index (χ3v) is 5.36. The number of hydrogen-bond acceptors (Lipinski definition) is 2. The summed E-state index contributed by atoms with van der Waals surface area (Å²) in [5, 5.41) is 0.183. The zero-order valence-electron chi connectivity index (χ0n) is 19.9. The molecule has 9 heteroatoms. The molecule has 0 aliphatic rings. The number of ether oxygens (including phenoxy) is 1. The van der Waals surface area contributed by atoms with Crippen molar-refractivity contribution in [1.29, 1.82) is 0 Å². The summed E-state index contributed by atoms with van der Waals surface area (Å²) >= 11 is 4.68. The van der Waals surface area contributed by atoms with Gasteiger partial charge in [0.15, 0.2) is 0 Å². The predicted octanol–water partition coefficient (Wildman–Crippen LogP) is 9.10. The zero-order valence-corrected chi connectivity index (χ0v) is 25.5. The van der Waals surface area contributed by atoms with Crippen LogP contribution in [0.25, 0.3) is 0 Å². The average molecular weight is 603 g/mol. The van der Waals surface area contributed by atoms with E-state index in [-0.39, 0.29) is 106 Å². The maximum atomic E-state index is 5.29. The molecule has 0 aromatic carbocycles. The van der Waals surface area contributed by atoms with Gasteiger partial charge in [0.05, 0.1) is 6.61 Å². The van der Waals surface area contributed by atoms with E-state index in [2.05, 4.69) is 19.1 Å². The smallest absolute Gasteiger partial charge is 0 e. The normalized spacial score (nSPS) is 8.91. The maximum absolute atomic E-state index is 5.29. The molecule has 2 N–H and O–H groups in total. The number of rotatable bonds is 21. The van der Waals surface area contributed by atoms with Crippen molar-refractivity contribution in [1.82, 2.24) is 0 Å². The minimum absolute atomic E-state index is 0. The summed E-state index contributed by atoms with van der Waals surface area (Å²) in [6.07, 6.45) is 28.1. The van der Waals surface area contributed by atoms with Gasteiger partial charge in [0.2, 0.25) is 0 Å². The molecule has 2 nitrogen and oxygen atoms in total. The Kier molecular flexibility index (Phi) is 75.0. The van der Waals surface area contributed by atoms with E-state index >= 15 is 0 Å². The van der Waals surface area contributed by atoms with Crippen LogP contribution in [-0.4, -0.2) is 41.3 Å². The van der Waals surface area contributed by atoms with Crippen LogP contribution in [0.2, 0.25) is 0 Å². The second-order valence-electron chi connectivity index (χ2n) is 7.89. The first-order valence-electron chi connectivity index (χ1n) is 11.7. The fourth-order valence-corrected chi connectivity index (χ4v) is 3.61. The van der Waals surface area contributed by atoms with E-state index in [9.17, 15) is 0 Å². The number of unbranched alkanes of at least 4 members (excludes halogenated alkanes) is 19. The first kappa shape index (κ1) is 51.2. The maximum Gasteiger partial charge on any atom is 0 e. The topological polar surface area (TPSA) is 35.2 Å². The third kappa shape index (κ3) is 49.6. The first-order valence-corrected chi connectivity index (χ1v) is 12.1. The molecular formula is C23H52Cl4NNaOSTi. The van der Waals surface area contributed by atoms with Crippen molar-refractivity contribution in [3.8, 4) is 0 Å². The zero-order chi connectivity index (χ0) is 19.1. The Morgan fingerprint density at radius 1 is 0.531 bits per heavy atom. The van der Waals surface area contributed by atoms with E-state index in [1.807, 2.05) is 0 Å². The van der Waals surface area contributed by atoms with E-state index < -0.39 is 0 Å². The standard InChI is InChI=1S/C23H47NOS.4ClH.Na.Ti.H/c1-2-3-4-5-6-7-8-9-10-11-12-13-14-15-16-17-18-19-20-21-22-25-23(24)26;;;;;;;/h2-22H2,1H3,(H2,24,26);4*1H;;;. The molecule has 0 aromatic heterocycles. The number of nitrogens with two attached hydrogens (primary N) is 1. The van der Waals surface area contributed by atoms with Gasteiger partial charge < -0.3 is 10.5 Å². The van der Waals surface area contributed by atoms with Gasteiger partial charge in [-0.3, -0.25) is 0 Å². The Balaban J connectivity index is -0.000000208. The van der Waals surface area contributed by atoms with Crippen LogP contribution in [0.1, 0.15) is 135 Å². The molecule has 32 heavy (non-hydrogen) atoms. The molecule has 0 saturated heterocycles. The molecule has 0 rings (SSSR count). The molecule has 0 amide bonds. The van der Waals surface area contributed by atoms with Crippen LogP contribution in [0, 0.1) is 0 Å². The van der Waals surface area contributed by atoms with E-state index in [1.54, 1.807) is 0 Å². The van der Waals surface area contributed by atoms with Gasteiger partial charge in [-0.1, -0.05) is 129 Å². The van der Waals surface area contributed by atoms with Crippen LogP contribution in [0.15, 0.2) is 0 Å². The molecule has 0 unspecified atom stereocenters. The van der Waals surface area contributed by atoms with E-state index in [4.69, 9.17) is 10.5 Å². The van der Waals surface area contributed by atoms with Crippen molar-refractivity contribution in [3.05, 3.63) is 0 Å². The van der Waals surface area contributed by atoms with Crippen LogP contribution in [-0.2, 0) is 26.5 Å². The number of thiocarbonyl (C=S) groups is 1. The van der Waals surface area contributed by atoms with Gasteiger partial charge in [0.1, 0.15) is 0 Å². The predicted molar refractivity (Wildman–Crippen MR) is 157 cm³/mol. The molecule has 0 spiro atoms. The van der Waals surface area contributed by atoms with Crippen LogP contribution >= 0.6 is 61.8 Å². The Morgan fingerprint density at radius 2 is 0.750 bits per heavy atom. The molecule has 0 fully saturated rings. The van der Waals surface area contributed by atoms with Crippen molar-refractivity contribution in [2.45, 2.75) is 135 Å². The Bertz CT molecular complexity index is 313. The molecule has 0 aromatic rings. The largest absolute Gasteiger partial charge is 0 e. The van der Waals surface area contributed by atoms with E-state index in [0.29, 0.717) is 6.61 Å². The van der Waals surface area contributed by atoms with E-state index in [1.165, 1.54) is 122 Å². The minimum Gasteiger partial charge on any atom is 0 e. The fraction of sp³-hybridized carbons (Fsp3) is 0.957. The molecular weight excluding hydrogens is 551 g/mol. The molecule has 0 aliphatic heterocycles. The minimum atomic E-state index is 0. The number of hydrogen-bond donors (Lipinski definition) is 1. The second-order valence-corrected chi connectivity index (χ2v) is 8.29. The first-order chi connectivity index (χ1) is 12.8. The molecule has 194 valence electrons. The van der Waals surface area contributed by atoms with Crippen molar-refractivity contribution >= 4 is 96.6 Å². The summed E-state index contributed by atoms with van der Waals surface area (Å²) in [5.41, 5.74) is 5.29. The summed E-state index contributed by atoms with van der Waals surface area (Å²) in [5.74, 6) is 0. The quantitative estimate of drug-likeness (QED) is 0.0808. The molecule has 0 atom stereocenters. The van der Waals surface area contributed by atoms with E-state index in [0.717, 1.165) is 6.42 Å². The van der Waals surface area contributed by atoms with Gasteiger partial charge in [0, 0.05) is 21.7 Å². The van der Waals surface area contributed by atoms with Crippen LogP contribution in [0.4, 0.5) is 0 Å². The monoisotopic (exact) mass is 601 g/mol. The van der Waals surface area contributed by atoms with Crippen LogP contribution < -0.4 is 5.73 Å². The number of halogens is 4. The molecule has 0 saturated carbocycles. The Labute approximate surface area is 268 Å². The van der Waals surface area contributed by atoms with Crippen molar-refractivity contribution < 1.29 is 26.5 Å². The van der Waals surface area contributed by atoms with Gasteiger partial charge in [-0.25, -0.2) is 0 Å². The third-order valence-electron chi connectivity index (χ3n) is 5.24. The molecule has 0 radical (unpaired) electrons. The fourth-order valence-electron chi connectivity index (χ4n) is 3.53. The average Bonchev–Trinajstić information content (AvgIpc) is 2.62. The summed E-state index contributed by atoms with van der Waals surface area (Å²) in [4.78, 5) is 0. The van der Waals surface area contributed by atoms with Gasteiger partial charge >= 0.3 is 29.6 Å². The van der Waals surface area contributed by atoms with Crippen molar-refractivity contribution in [3.63, 3.8) is 0 Å². The summed E-state index contributed by atoms with van der Waals surface area (Å²) in [7, 11) is 0. The van der Waals surface area contributed by atoms with Gasteiger partial charge in [-0.05, 0) is 18.6 Å². The van der Waals surface area contributed by atoms with Crippen molar-refractivity contribution in [2.24, 2.45) is 5.73 Å². The SMILES string of the molecule is CCCCCCCCCCCCCCCCCCCCCCOC(N)=S.Cl.Cl.Cl.Cl.[NaH].[Ti]. The van der Waals surface area contributed by atoms with Crippen molar-refractivity contribution in [2.75, 3.05) is 6.61 Å². The molecule has 0 heterocycles. The molecule has 0 bridgehead atoms. The Morgan fingerprint density at radius 3 is 0.969 bits per heavy atom. The second kappa shape index (κ2) is 46.8. The van der Waals surface area contributed by atoms with Gasteiger partial charge in [0.25, 0.3) is 5.17 Å². The summed E-state index contributed by atoms with van der Waals surface area (Å²) in [6.45, 7) is 2.98. The summed E-state index contributed by atoms with van der Waals surface area (Å²) in [6, 6.07) is 0. The van der Waals surface area contributed by atoms with Crippen LogP contribution in [0.3, 0.4) is 0 Å². The molecule has 0 aliphatic carbocycles. The van der Waals surface area contributed by atoms with Gasteiger partial charge in [-0.15, -0.1) is 49.6 Å². The van der Waals surface area contributed by atoms with Gasteiger partial charge in [-0.2, -0.15) is 0 Å². The summed E-state index contributed by atoms with van der Waals surface area (Å²) < 4.78 is 5.09. The Hall–Kier alpha value is 2.56. The van der Waals surface area contributed by atoms with Crippen LogP contribution in [0.5, 0.6) is 0 Å².